The van der Waals surface area contributed by atoms with Gasteiger partial charge < -0.3 is 9.57 Å². The highest BCUT2D eigenvalue weighted by molar-refractivity contribution is 6.32. The number of nitrogens with one attached hydrogen (secondary N) is 1. The fraction of sp³-hybridized carbons (Fsp3) is 0.364. The van der Waals surface area contributed by atoms with Gasteiger partial charge in [-0.1, -0.05) is 35.0 Å². The molecule has 0 unspecified atom stereocenters. The Hall–Kier alpha value is -3.13. The Morgan fingerprint density at radius 3 is 2.42 bits per heavy atom. The van der Waals surface area contributed by atoms with E-state index in [4.69, 9.17) is 21.2 Å². The third-order valence-corrected chi connectivity index (χ3v) is 4.49. The van der Waals surface area contributed by atoms with Crippen LogP contribution < -0.4 is 5.32 Å². The van der Waals surface area contributed by atoms with E-state index in [0.29, 0.717) is 5.71 Å². The molecule has 0 heterocycles. The molecule has 0 aliphatic heterocycles. The number of rotatable bonds is 6. The molecule has 8 nitrogen and oxygen atoms in total. The number of nitro groups is 1. The minimum atomic E-state index is -0.983. The number of ether oxygens (including phenoxy) is 1. The SMILES string of the molecule is C/C(=N\OC(C)(C)C)c1cccc(C(C)(C)OC(=O)Nc2ccc(Cl)c([N+](=O)[O-])c2)c1. The molecule has 0 saturated carbocycles. The molecule has 0 aliphatic carbocycles. The van der Waals surface area contributed by atoms with Gasteiger partial charge in [0, 0.05) is 6.07 Å². The summed E-state index contributed by atoms with van der Waals surface area (Å²) < 4.78 is 5.58. The van der Waals surface area contributed by atoms with E-state index in [0.717, 1.165) is 11.1 Å². The highest BCUT2D eigenvalue weighted by Crippen LogP contribution is 2.29. The van der Waals surface area contributed by atoms with Gasteiger partial charge in [0.15, 0.2) is 0 Å². The molecule has 9 heteroatoms. The van der Waals surface area contributed by atoms with Crippen LogP contribution in [0.3, 0.4) is 0 Å². The van der Waals surface area contributed by atoms with E-state index in [9.17, 15) is 14.9 Å². The number of hydrogen-bond donors (Lipinski definition) is 1. The lowest BCUT2D eigenvalue weighted by molar-refractivity contribution is -0.384. The van der Waals surface area contributed by atoms with Crippen LogP contribution in [0.5, 0.6) is 0 Å². The molecule has 166 valence electrons. The first kappa shape index (κ1) is 24.1. The average Bonchev–Trinajstić information content (AvgIpc) is 2.66. The van der Waals surface area contributed by atoms with Crippen molar-refractivity contribution >= 4 is 34.8 Å². The van der Waals surface area contributed by atoms with Gasteiger partial charge in [-0.3, -0.25) is 15.4 Å². The Morgan fingerprint density at radius 2 is 1.81 bits per heavy atom. The smallest absolute Gasteiger partial charge is 0.412 e. The number of oxime groups is 1. The highest BCUT2D eigenvalue weighted by atomic mass is 35.5. The van der Waals surface area contributed by atoms with Gasteiger partial charge in [0.1, 0.15) is 16.2 Å². The number of carbonyl (C=O) groups excluding carboxylic acids is 1. The maximum Gasteiger partial charge on any atom is 0.412 e. The topological polar surface area (TPSA) is 103 Å². The van der Waals surface area contributed by atoms with Crippen molar-refractivity contribution < 1.29 is 19.3 Å². The van der Waals surface area contributed by atoms with Gasteiger partial charge in [-0.25, -0.2) is 4.79 Å². The zero-order valence-electron chi connectivity index (χ0n) is 18.4. The molecule has 1 N–H and O–H groups in total. The van der Waals surface area contributed by atoms with Gasteiger partial charge in [0.05, 0.1) is 16.3 Å². The molecule has 2 aromatic rings. The zero-order valence-corrected chi connectivity index (χ0v) is 19.1. The summed E-state index contributed by atoms with van der Waals surface area (Å²) in [6, 6.07) is 11.4. The predicted molar refractivity (Wildman–Crippen MR) is 121 cm³/mol. The van der Waals surface area contributed by atoms with Crippen LogP contribution in [0.15, 0.2) is 47.6 Å². The van der Waals surface area contributed by atoms with Crippen molar-refractivity contribution in [3.63, 3.8) is 0 Å². The first-order valence-corrected chi connectivity index (χ1v) is 9.94. The number of carbonyl (C=O) groups is 1. The number of nitrogens with zero attached hydrogens (tertiary/aromatic N) is 2. The summed E-state index contributed by atoms with van der Waals surface area (Å²) in [5, 5.41) is 17.7. The first-order chi connectivity index (χ1) is 14.3. The van der Waals surface area contributed by atoms with E-state index in [1.807, 2.05) is 52.0 Å². The van der Waals surface area contributed by atoms with E-state index in [-0.39, 0.29) is 16.4 Å². The van der Waals surface area contributed by atoms with Crippen LogP contribution in [-0.2, 0) is 15.2 Å². The summed E-state index contributed by atoms with van der Waals surface area (Å²) in [5.41, 5.74) is 0.761. The lowest BCUT2D eigenvalue weighted by atomic mass is 9.95. The molecule has 0 aromatic heterocycles. The summed E-state index contributed by atoms with van der Waals surface area (Å²) >= 11 is 5.80. The van der Waals surface area contributed by atoms with Crippen LogP contribution >= 0.6 is 11.6 Å². The molecule has 31 heavy (non-hydrogen) atoms. The van der Waals surface area contributed by atoms with Crippen LogP contribution in [0.2, 0.25) is 5.02 Å². The standard InChI is InChI=1S/C22H26ClN3O5/c1-14(25-31-21(2,3)4)15-8-7-9-16(12-15)22(5,6)30-20(27)24-17-10-11-18(23)19(13-17)26(28)29/h7-13H,1-6H3,(H,24,27)/b25-14+. The number of halogens is 1. The van der Waals surface area contributed by atoms with Crippen LogP contribution in [0.25, 0.3) is 0 Å². The molecule has 2 aromatic carbocycles. The Morgan fingerprint density at radius 1 is 1.13 bits per heavy atom. The number of hydrogen-bond acceptors (Lipinski definition) is 6. The number of benzene rings is 2. The molecule has 0 radical (unpaired) electrons. The molecular formula is C22H26ClN3O5. The Kier molecular flexibility index (Phi) is 7.28. The zero-order chi connectivity index (χ0) is 23.4. The molecule has 0 saturated heterocycles. The summed E-state index contributed by atoms with van der Waals surface area (Å²) in [5.74, 6) is 0. The fourth-order valence-electron chi connectivity index (χ4n) is 2.54. The van der Waals surface area contributed by atoms with Crippen LogP contribution in [0.4, 0.5) is 16.2 Å². The predicted octanol–water partition coefficient (Wildman–Crippen LogP) is 6.27. The van der Waals surface area contributed by atoms with Gasteiger partial charge in [-0.05, 0) is 70.9 Å². The fourth-order valence-corrected chi connectivity index (χ4v) is 2.73. The van der Waals surface area contributed by atoms with Crippen molar-refractivity contribution in [1.82, 2.24) is 0 Å². The van der Waals surface area contributed by atoms with Crippen molar-refractivity contribution in [2.24, 2.45) is 5.16 Å². The average molecular weight is 448 g/mol. The summed E-state index contributed by atoms with van der Waals surface area (Å²) in [6.07, 6.45) is -0.756. The molecule has 0 fully saturated rings. The minimum absolute atomic E-state index is 0.0199. The molecule has 2 rings (SSSR count). The Labute approximate surface area is 186 Å². The minimum Gasteiger partial charge on any atom is -0.438 e. The van der Waals surface area contributed by atoms with E-state index in [2.05, 4.69) is 10.5 Å². The van der Waals surface area contributed by atoms with Crippen LogP contribution in [-0.4, -0.2) is 22.3 Å². The van der Waals surface area contributed by atoms with Crippen molar-refractivity contribution in [2.45, 2.75) is 52.7 Å². The molecule has 0 aliphatic rings. The summed E-state index contributed by atoms with van der Waals surface area (Å²) in [7, 11) is 0. The van der Waals surface area contributed by atoms with Crippen molar-refractivity contribution in [3.8, 4) is 0 Å². The van der Waals surface area contributed by atoms with Crippen LogP contribution in [0, 0.1) is 10.1 Å². The van der Waals surface area contributed by atoms with Crippen molar-refractivity contribution in [1.29, 1.82) is 0 Å². The molecule has 0 spiro atoms. The highest BCUT2D eigenvalue weighted by Gasteiger charge is 2.26. The number of anilines is 1. The van der Waals surface area contributed by atoms with Gasteiger partial charge >= 0.3 is 6.09 Å². The maximum absolute atomic E-state index is 12.4. The normalized spacial score (nSPS) is 12.3. The second-order valence-corrected chi connectivity index (χ2v) is 8.82. The maximum atomic E-state index is 12.4. The third-order valence-electron chi connectivity index (χ3n) is 4.17. The largest absolute Gasteiger partial charge is 0.438 e. The summed E-state index contributed by atoms with van der Waals surface area (Å²) in [6.45, 7) is 11.0. The molecule has 0 atom stereocenters. The number of nitro benzene ring substituents is 1. The van der Waals surface area contributed by atoms with E-state index >= 15 is 0 Å². The monoisotopic (exact) mass is 447 g/mol. The van der Waals surface area contributed by atoms with Gasteiger partial charge in [0.25, 0.3) is 5.69 Å². The molecule has 1 amide bonds. The van der Waals surface area contributed by atoms with Crippen molar-refractivity contribution in [3.05, 3.63) is 68.7 Å². The van der Waals surface area contributed by atoms with E-state index < -0.39 is 22.2 Å². The number of amides is 1. The Balaban J connectivity index is 2.16. The second kappa shape index (κ2) is 9.34. The first-order valence-electron chi connectivity index (χ1n) is 9.56. The Bertz CT molecular complexity index is 1010. The van der Waals surface area contributed by atoms with E-state index in [1.165, 1.54) is 18.2 Å². The van der Waals surface area contributed by atoms with E-state index in [1.54, 1.807) is 13.8 Å². The lowest BCUT2D eigenvalue weighted by Crippen LogP contribution is -2.28. The summed E-state index contributed by atoms with van der Waals surface area (Å²) in [4.78, 5) is 28.3. The van der Waals surface area contributed by atoms with Crippen LogP contribution in [0.1, 0.15) is 52.7 Å². The van der Waals surface area contributed by atoms with Gasteiger partial charge in [-0.15, -0.1) is 0 Å². The molecular weight excluding hydrogens is 422 g/mol. The molecule has 0 bridgehead atoms. The van der Waals surface area contributed by atoms with Crippen molar-refractivity contribution in [2.75, 3.05) is 5.32 Å². The second-order valence-electron chi connectivity index (χ2n) is 8.41. The third kappa shape index (κ3) is 6.96. The van der Waals surface area contributed by atoms with Gasteiger partial charge in [0.2, 0.25) is 0 Å². The lowest BCUT2D eigenvalue weighted by Gasteiger charge is -2.26. The van der Waals surface area contributed by atoms with Gasteiger partial charge in [-0.2, -0.15) is 0 Å². The quantitative estimate of drug-likeness (QED) is 0.319.